The second-order valence-corrected chi connectivity index (χ2v) is 8.21. The molecule has 1 aromatic heterocycles. The third-order valence-electron chi connectivity index (χ3n) is 4.37. The van der Waals surface area contributed by atoms with Crippen molar-refractivity contribution < 1.29 is 22.7 Å². The zero-order valence-corrected chi connectivity index (χ0v) is 16.0. The van der Waals surface area contributed by atoms with Crippen LogP contribution in [0, 0.1) is 0 Å². The number of carbonyl (C=O) groups is 2. The molecule has 1 aromatic carbocycles. The Labute approximate surface area is 157 Å². The molecular formula is C18H21N3O5S. The Morgan fingerprint density at radius 2 is 1.74 bits per heavy atom. The lowest BCUT2D eigenvalue weighted by Gasteiger charge is -2.25. The van der Waals surface area contributed by atoms with Gasteiger partial charge in [-0.25, -0.2) is 8.42 Å². The van der Waals surface area contributed by atoms with Crippen LogP contribution >= 0.6 is 0 Å². The number of hydrogen-bond donors (Lipinski definition) is 1. The van der Waals surface area contributed by atoms with Crippen LogP contribution in [0.1, 0.15) is 27.8 Å². The summed E-state index contributed by atoms with van der Waals surface area (Å²) in [5.74, 6) is -0.496. The van der Waals surface area contributed by atoms with Crippen LogP contribution in [0.15, 0.2) is 41.4 Å². The van der Waals surface area contributed by atoms with E-state index in [1.165, 1.54) is 28.1 Å². The Hall–Kier alpha value is -2.49. The third kappa shape index (κ3) is 4.10. The van der Waals surface area contributed by atoms with Gasteiger partial charge in [-0.2, -0.15) is 4.31 Å². The maximum absolute atomic E-state index is 12.7. The molecule has 9 heteroatoms. The molecule has 3 rings (SSSR count). The Bertz CT molecular complexity index is 957. The lowest BCUT2D eigenvalue weighted by molar-refractivity contribution is 0.0730. The molecule has 2 heterocycles. The van der Waals surface area contributed by atoms with Crippen molar-refractivity contribution in [2.24, 2.45) is 7.05 Å². The van der Waals surface area contributed by atoms with E-state index >= 15 is 0 Å². The maximum atomic E-state index is 12.7. The number of ether oxygens (including phenoxy) is 1. The van der Waals surface area contributed by atoms with Crippen LogP contribution in [0.4, 0.5) is 5.69 Å². The van der Waals surface area contributed by atoms with Gasteiger partial charge in [0.1, 0.15) is 10.6 Å². The molecule has 0 radical (unpaired) electrons. The molecule has 0 saturated carbocycles. The van der Waals surface area contributed by atoms with Crippen molar-refractivity contribution in [1.29, 1.82) is 0 Å². The van der Waals surface area contributed by atoms with Gasteiger partial charge in [-0.15, -0.1) is 0 Å². The highest BCUT2D eigenvalue weighted by Crippen LogP contribution is 2.20. The van der Waals surface area contributed by atoms with Gasteiger partial charge in [-0.05, 0) is 37.3 Å². The number of aromatic nitrogens is 1. The number of morpholine rings is 1. The van der Waals surface area contributed by atoms with E-state index in [1.54, 1.807) is 31.3 Å². The van der Waals surface area contributed by atoms with Gasteiger partial charge in [0, 0.05) is 37.6 Å². The molecule has 27 heavy (non-hydrogen) atoms. The van der Waals surface area contributed by atoms with Gasteiger partial charge in [0.25, 0.3) is 5.91 Å². The number of hydrogen-bond acceptors (Lipinski definition) is 5. The fraction of sp³-hybridized carbons (Fsp3) is 0.333. The second kappa shape index (κ2) is 7.63. The van der Waals surface area contributed by atoms with Crippen molar-refractivity contribution in [3.8, 4) is 0 Å². The highest BCUT2D eigenvalue weighted by atomic mass is 32.2. The number of ketones is 1. The summed E-state index contributed by atoms with van der Waals surface area (Å²) >= 11 is 0. The molecule has 1 saturated heterocycles. The molecule has 0 bridgehead atoms. The van der Waals surface area contributed by atoms with E-state index < -0.39 is 15.9 Å². The summed E-state index contributed by atoms with van der Waals surface area (Å²) in [6.07, 6.45) is 1.43. The minimum Gasteiger partial charge on any atom is -0.379 e. The lowest BCUT2D eigenvalue weighted by atomic mass is 10.1. The monoisotopic (exact) mass is 391 g/mol. The summed E-state index contributed by atoms with van der Waals surface area (Å²) in [6.45, 7) is 2.77. The van der Waals surface area contributed by atoms with Gasteiger partial charge in [-0.3, -0.25) is 9.59 Å². The first-order valence-electron chi connectivity index (χ1n) is 8.45. The van der Waals surface area contributed by atoms with Crippen molar-refractivity contribution in [2.75, 3.05) is 31.6 Å². The Morgan fingerprint density at radius 3 is 2.33 bits per heavy atom. The quantitative estimate of drug-likeness (QED) is 0.779. The molecule has 0 aliphatic carbocycles. The average Bonchev–Trinajstić information content (AvgIpc) is 3.05. The summed E-state index contributed by atoms with van der Waals surface area (Å²) in [5, 5.41) is 2.71. The molecule has 144 valence electrons. The number of nitrogens with one attached hydrogen (secondary N) is 1. The number of carbonyl (C=O) groups excluding carboxylic acids is 2. The van der Waals surface area contributed by atoms with Gasteiger partial charge < -0.3 is 14.6 Å². The normalized spacial score (nSPS) is 15.5. The van der Waals surface area contributed by atoms with Gasteiger partial charge in [0.2, 0.25) is 10.0 Å². The number of rotatable bonds is 5. The summed E-state index contributed by atoms with van der Waals surface area (Å²) in [5.41, 5.74) is 1.28. The van der Waals surface area contributed by atoms with Crippen LogP contribution in [0.2, 0.25) is 0 Å². The highest BCUT2D eigenvalue weighted by Gasteiger charge is 2.28. The number of aryl methyl sites for hydroxylation is 1. The number of benzene rings is 1. The molecule has 0 spiro atoms. The predicted octanol–water partition coefficient (Wildman–Crippen LogP) is 1.50. The molecule has 1 aliphatic rings. The SMILES string of the molecule is CC(=O)c1ccc(NC(=O)c2cc(S(=O)(=O)N3CCOCC3)cn2C)cc1. The second-order valence-electron chi connectivity index (χ2n) is 6.28. The summed E-state index contributed by atoms with van der Waals surface area (Å²) in [4.78, 5) is 23.9. The number of Topliss-reactive ketones (excluding diaryl/α,β-unsaturated/α-hetero) is 1. The molecule has 1 aliphatic heterocycles. The van der Waals surface area contributed by atoms with Gasteiger partial charge in [0.15, 0.2) is 5.78 Å². The first-order valence-corrected chi connectivity index (χ1v) is 9.89. The average molecular weight is 391 g/mol. The van der Waals surface area contributed by atoms with E-state index in [1.807, 2.05) is 0 Å². The molecule has 0 unspecified atom stereocenters. The minimum atomic E-state index is -3.67. The Morgan fingerprint density at radius 1 is 1.11 bits per heavy atom. The summed E-state index contributed by atoms with van der Waals surface area (Å²) < 4.78 is 33.5. The third-order valence-corrected chi connectivity index (χ3v) is 6.23. The van der Waals surface area contributed by atoms with E-state index in [0.29, 0.717) is 37.6 Å². The Kier molecular flexibility index (Phi) is 5.45. The van der Waals surface area contributed by atoms with Gasteiger partial charge in [0.05, 0.1) is 13.2 Å². The van der Waals surface area contributed by atoms with E-state index in [9.17, 15) is 18.0 Å². The fourth-order valence-corrected chi connectivity index (χ4v) is 4.30. The van der Waals surface area contributed by atoms with E-state index in [-0.39, 0.29) is 16.4 Å². The van der Waals surface area contributed by atoms with Crippen molar-refractivity contribution in [3.63, 3.8) is 0 Å². The van der Waals surface area contributed by atoms with E-state index in [2.05, 4.69) is 5.32 Å². The highest BCUT2D eigenvalue weighted by molar-refractivity contribution is 7.89. The first kappa shape index (κ1) is 19.3. The molecule has 8 nitrogen and oxygen atoms in total. The fourth-order valence-electron chi connectivity index (χ4n) is 2.82. The maximum Gasteiger partial charge on any atom is 0.272 e. The van der Waals surface area contributed by atoms with E-state index in [4.69, 9.17) is 4.74 Å². The van der Waals surface area contributed by atoms with Crippen molar-refractivity contribution in [2.45, 2.75) is 11.8 Å². The summed E-state index contributed by atoms with van der Waals surface area (Å²) in [6, 6.07) is 7.87. The van der Waals surface area contributed by atoms with Crippen LogP contribution in [0.3, 0.4) is 0 Å². The van der Waals surface area contributed by atoms with Crippen LogP contribution in [-0.4, -0.2) is 55.3 Å². The number of amides is 1. The van der Waals surface area contributed by atoms with Crippen molar-refractivity contribution in [1.82, 2.24) is 8.87 Å². The predicted molar refractivity (Wildman–Crippen MR) is 99.4 cm³/mol. The first-order chi connectivity index (χ1) is 12.8. The molecular weight excluding hydrogens is 370 g/mol. The van der Waals surface area contributed by atoms with Crippen LogP contribution in [-0.2, 0) is 21.8 Å². The molecule has 1 N–H and O–H groups in total. The van der Waals surface area contributed by atoms with E-state index in [0.717, 1.165) is 0 Å². The smallest absolute Gasteiger partial charge is 0.272 e. The standard InChI is InChI=1S/C18H21N3O5S/c1-13(22)14-3-5-15(6-4-14)19-18(23)17-11-16(12-20(17)2)27(24,25)21-7-9-26-10-8-21/h3-6,11-12H,7-10H2,1-2H3,(H,19,23). The van der Waals surface area contributed by atoms with Crippen molar-refractivity contribution >= 4 is 27.4 Å². The van der Waals surface area contributed by atoms with Crippen LogP contribution in [0.25, 0.3) is 0 Å². The van der Waals surface area contributed by atoms with Gasteiger partial charge in [-0.1, -0.05) is 0 Å². The van der Waals surface area contributed by atoms with Gasteiger partial charge >= 0.3 is 0 Å². The summed E-state index contributed by atoms with van der Waals surface area (Å²) in [7, 11) is -2.05. The topological polar surface area (TPSA) is 97.7 Å². The number of sulfonamides is 1. The molecule has 1 fully saturated rings. The zero-order valence-electron chi connectivity index (χ0n) is 15.1. The lowest BCUT2D eigenvalue weighted by Crippen LogP contribution is -2.40. The minimum absolute atomic E-state index is 0.0618. The molecule has 2 aromatic rings. The van der Waals surface area contributed by atoms with Crippen LogP contribution in [0.5, 0.6) is 0 Å². The van der Waals surface area contributed by atoms with Crippen molar-refractivity contribution in [3.05, 3.63) is 47.8 Å². The largest absolute Gasteiger partial charge is 0.379 e. The molecule has 1 amide bonds. The van der Waals surface area contributed by atoms with Crippen LogP contribution < -0.4 is 5.32 Å². The zero-order chi connectivity index (χ0) is 19.6. The number of anilines is 1. The Balaban J connectivity index is 1.79. The molecule has 0 atom stereocenters. The number of nitrogens with zero attached hydrogens (tertiary/aromatic N) is 2.